The van der Waals surface area contributed by atoms with Crippen LogP contribution in [0.5, 0.6) is 0 Å². The summed E-state index contributed by atoms with van der Waals surface area (Å²) in [6.45, 7) is 8.64. The lowest BCUT2D eigenvalue weighted by Crippen LogP contribution is -2.47. The van der Waals surface area contributed by atoms with Crippen LogP contribution in [0.25, 0.3) is 0 Å². The van der Waals surface area contributed by atoms with Crippen LogP contribution in [-0.2, 0) is 11.3 Å². The summed E-state index contributed by atoms with van der Waals surface area (Å²) in [6, 6.07) is 11.7. The predicted molar refractivity (Wildman–Crippen MR) is 112 cm³/mol. The molecule has 0 aromatic heterocycles. The third-order valence-electron chi connectivity index (χ3n) is 5.14. The van der Waals surface area contributed by atoms with Crippen molar-refractivity contribution in [1.29, 1.82) is 0 Å². The van der Waals surface area contributed by atoms with Crippen molar-refractivity contribution in [1.82, 2.24) is 20.4 Å². The molecule has 1 heterocycles. The van der Waals surface area contributed by atoms with E-state index in [1.54, 1.807) is 19.0 Å². The first kappa shape index (κ1) is 21.2. The molecule has 1 aliphatic rings. The zero-order chi connectivity index (χ0) is 19.8. The number of likely N-dealkylation sites (tertiary alicyclic amines) is 1. The Bertz CT molecular complexity index is 616. The smallest absolute Gasteiger partial charge is 0.243 e. The van der Waals surface area contributed by atoms with Gasteiger partial charge in [-0.2, -0.15) is 0 Å². The first-order valence-corrected chi connectivity index (χ1v) is 9.94. The Hall–Kier alpha value is -2.08. The molecule has 150 valence electrons. The third-order valence-corrected chi connectivity index (χ3v) is 5.14. The first-order chi connectivity index (χ1) is 12.9. The molecule has 3 atom stereocenters. The Morgan fingerprint density at radius 2 is 2.04 bits per heavy atom. The fourth-order valence-electron chi connectivity index (χ4n) is 3.19. The summed E-state index contributed by atoms with van der Waals surface area (Å²) in [7, 11) is 3.51. The Balaban J connectivity index is 1.97. The van der Waals surface area contributed by atoms with Crippen molar-refractivity contribution in [2.45, 2.75) is 58.3 Å². The van der Waals surface area contributed by atoms with Gasteiger partial charge in [-0.25, -0.2) is 4.99 Å². The molecular formula is C21H35N5O. The van der Waals surface area contributed by atoms with Crippen LogP contribution in [-0.4, -0.2) is 67.0 Å². The van der Waals surface area contributed by atoms with Crippen molar-refractivity contribution < 1.29 is 4.79 Å². The summed E-state index contributed by atoms with van der Waals surface area (Å²) in [5.41, 5.74) is 1.34. The highest BCUT2D eigenvalue weighted by molar-refractivity contribution is 5.85. The van der Waals surface area contributed by atoms with E-state index in [-0.39, 0.29) is 12.5 Å². The molecule has 1 fully saturated rings. The monoisotopic (exact) mass is 373 g/mol. The number of hydrogen-bond acceptors (Lipinski definition) is 3. The second-order valence-corrected chi connectivity index (χ2v) is 7.75. The lowest BCUT2D eigenvalue weighted by Gasteiger charge is -2.22. The van der Waals surface area contributed by atoms with Crippen LogP contribution >= 0.6 is 0 Å². The van der Waals surface area contributed by atoms with Gasteiger partial charge in [-0.15, -0.1) is 0 Å². The minimum atomic E-state index is 0.00532. The van der Waals surface area contributed by atoms with Crippen LogP contribution < -0.4 is 10.6 Å². The van der Waals surface area contributed by atoms with E-state index in [9.17, 15) is 4.79 Å². The second kappa shape index (κ2) is 10.3. The van der Waals surface area contributed by atoms with Gasteiger partial charge in [0.2, 0.25) is 5.91 Å². The standard InChI is InChI=1S/C21H35N5O/c1-6-16(2)23-21(22-13-20(27)25(4)5)24-19-12-17(3)26(15-19)14-18-10-8-7-9-11-18/h7-11,16-17,19H,6,12-15H2,1-5H3,(H2,22,23,24). The lowest BCUT2D eigenvalue weighted by molar-refractivity contribution is -0.127. The maximum atomic E-state index is 11.9. The number of nitrogens with one attached hydrogen (secondary N) is 2. The first-order valence-electron chi connectivity index (χ1n) is 9.94. The Kier molecular flexibility index (Phi) is 8.10. The molecule has 0 bridgehead atoms. The maximum absolute atomic E-state index is 11.9. The number of rotatable bonds is 7. The van der Waals surface area contributed by atoms with Gasteiger partial charge in [0.25, 0.3) is 0 Å². The predicted octanol–water partition coefficient (Wildman–Crippen LogP) is 2.07. The average molecular weight is 374 g/mol. The van der Waals surface area contributed by atoms with Gasteiger partial charge in [-0.05, 0) is 32.3 Å². The quantitative estimate of drug-likeness (QED) is 0.567. The SMILES string of the molecule is CCC(C)NC(=NCC(=O)N(C)C)NC1CC(C)N(Cc2ccccc2)C1. The Morgan fingerprint density at radius 3 is 2.67 bits per heavy atom. The van der Waals surface area contributed by atoms with Crippen molar-refractivity contribution in [3.05, 3.63) is 35.9 Å². The molecule has 6 nitrogen and oxygen atoms in total. The molecule has 0 aliphatic carbocycles. The van der Waals surface area contributed by atoms with Gasteiger partial charge in [0.15, 0.2) is 5.96 Å². The van der Waals surface area contributed by atoms with E-state index < -0.39 is 0 Å². The molecule has 1 amide bonds. The summed E-state index contributed by atoms with van der Waals surface area (Å²) >= 11 is 0. The normalized spacial score (nSPS) is 21.7. The molecule has 27 heavy (non-hydrogen) atoms. The fourth-order valence-corrected chi connectivity index (χ4v) is 3.19. The van der Waals surface area contributed by atoms with Crippen molar-refractivity contribution in [2.24, 2.45) is 4.99 Å². The van der Waals surface area contributed by atoms with Gasteiger partial charge < -0.3 is 15.5 Å². The maximum Gasteiger partial charge on any atom is 0.243 e. The highest BCUT2D eigenvalue weighted by Gasteiger charge is 2.29. The summed E-state index contributed by atoms with van der Waals surface area (Å²) in [4.78, 5) is 20.5. The van der Waals surface area contributed by atoms with Crippen molar-refractivity contribution in [3.8, 4) is 0 Å². The molecule has 0 saturated carbocycles. The molecular weight excluding hydrogens is 338 g/mol. The van der Waals surface area contributed by atoms with Crippen molar-refractivity contribution in [3.63, 3.8) is 0 Å². The topological polar surface area (TPSA) is 60.0 Å². The number of likely N-dealkylation sites (N-methyl/N-ethyl adjacent to an activating group) is 1. The Morgan fingerprint density at radius 1 is 1.33 bits per heavy atom. The third kappa shape index (κ3) is 6.86. The van der Waals surface area contributed by atoms with Crippen LogP contribution in [0.15, 0.2) is 35.3 Å². The van der Waals surface area contributed by atoms with Gasteiger partial charge in [-0.3, -0.25) is 9.69 Å². The number of aliphatic imine (C=N–C) groups is 1. The average Bonchev–Trinajstić information content (AvgIpc) is 2.98. The van der Waals surface area contributed by atoms with E-state index in [0.29, 0.717) is 18.1 Å². The molecule has 6 heteroatoms. The molecule has 3 unspecified atom stereocenters. The van der Waals surface area contributed by atoms with Gasteiger partial charge in [0, 0.05) is 45.3 Å². The minimum Gasteiger partial charge on any atom is -0.354 e. The lowest BCUT2D eigenvalue weighted by atomic mass is 10.2. The zero-order valence-corrected chi connectivity index (χ0v) is 17.4. The second-order valence-electron chi connectivity index (χ2n) is 7.75. The van der Waals surface area contributed by atoms with Gasteiger partial charge in [0.1, 0.15) is 6.54 Å². The van der Waals surface area contributed by atoms with Crippen molar-refractivity contribution in [2.75, 3.05) is 27.2 Å². The van der Waals surface area contributed by atoms with E-state index in [0.717, 1.165) is 31.9 Å². The van der Waals surface area contributed by atoms with Crippen molar-refractivity contribution >= 4 is 11.9 Å². The number of carbonyl (C=O) groups excluding carboxylic acids is 1. The number of amides is 1. The fraction of sp³-hybridized carbons (Fsp3) is 0.619. The van der Waals surface area contributed by atoms with E-state index >= 15 is 0 Å². The number of benzene rings is 1. The van der Waals surface area contributed by atoms with Gasteiger partial charge in [-0.1, -0.05) is 37.3 Å². The summed E-state index contributed by atoms with van der Waals surface area (Å²) in [5, 5.41) is 6.96. The van der Waals surface area contributed by atoms with Crippen LogP contribution in [0.4, 0.5) is 0 Å². The molecule has 1 aromatic carbocycles. The zero-order valence-electron chi connectivity index (χ0n) is 17.4. The highest BCUT2D eigenvalue weighted by atomic mass is 16.2. The number of nitrogens with zero attached hydrogens (tertiary/aromatic N) is 3. The molecule has 2 N–H and O–H groups in total. The van der Waals surface area contributed by atoms with Crippen LogP contribution in [0, 0.1) is 0 Å². The molecule has 0 spiro atoms. The molecule has 0 radical (unpaired) electrons. The molecule has 1 aliphatic heterocycles. The van der Waals surface area contributed by atoms with Gasteiger partial charge >= 0.3 is 0 Å². The van der Waals surface area contributed by atoms with Gasteiger partial charge in [0.05, 0.1) is 0 Å². The summed E-state index contributed by atoms with van der Waals surface area (Å²) < 4.78 is 0. The summed E-state index contributed by atoms with van der Waals surface area (Å²) in [6.07, 6.45) is 2.07. The number of guanidine groups is 1. The van der Waals surface area contributed by atoms with Crippen LogP contribution in [0.2, 0.25) is 0 Å². The number of carbonyl (C=O) groups is 1. The highest BCUT2D eigenvalue weighted by Crippen LogP contribution is 2.20. The molecule has 1 aromatic rings. The van der Waals surface area contributed by atoms with E-state index in [4.69, 9.17) is 0 Å². The summed E-state index contributed by atoms with van der Waals surface area (Å²) in [5.74, 6) is 0.740. The molecule has 2 rings (SSSR count). The largest absolute Gasteiger partial charge is 0.354 e. The Labute approximate surface area is 164 Å². The van der Waals surface area contributed by atoms with E-state index in [1.165, 1.54) is 5.56 Å². The minimum absolute atomic E-state index is 0.00532. The van der Waals surface area contributed by atoms with Crippen LogP contribution in [0.1, 0.15) is 39.2 Å². The van der Waals surface area contributed by atoms with E-state index in [2.05, 4.69) is 71.6 Å². The van der Waals surface area contributed by atoms with Crippen LogP contribution in [0.3, 0.4) is 0 Å². The number of hydrogen-bond donors (Lipinski definition) is 2. The van der Waals surface area contributed by atoms with E-state index in [1.807, 2.05) is 0 Å². The molecule has 1 saturated heterocycles.